The van der Waals surface area contributed by atoms with Gasteiger partial charge in [0.2, 0.25) is 11.8 Å². The second-order valence-corrected chi connectivity index (χ2v) is 5.98. The van der Waals surface area contributed by atoms with Gasteiger partial charge in [0.25, 0.3) is 0 Å². The summed E-state index contributed by atoms with van der Waals surface area (Å²) in [6.07, 6.45) is 4.80. The predicted molar refractivity (Wildman–Crippen MR) is 75.0 cm³/mol. The van der Waals surface area contributed by atoms with Crippen LogP contribution in [-0.2, 0) is 9.59 Å². The average Bonchev–Trinajstić information content (AvgIpc) is 2.94. The van der Waals surface area contributed by atoms with E-state index in [1.807, 2.05) is 13.8 Å². The molecule has 1 aliphatic heterocycles. The maximum atomic E-state index is 12.9. The lowest BCUT2D eigenvalue weighted by molar-refractivity contribution is -0.163. The summed E-state index contributed by atoms with van der Waals surface area (Å²) in [6, 6.07) is 0. The molecular formula is C15H25FN2O2. The van der Waals surface area contributed by atoms with Crippen LogP contribution in [0.5, 0.6) is 0 Å². The SMILES string of the molecule is CCC1(CC)NC(=O)C2(CCCC2)N(CCCF)C1=O. The molecule has 1 aliphatic carbocycles. The van der Waals surface area contributed by atoms with Crippen molar-refractivity contribution in [1.29, 1.82) is 0 Å². The number of amides is 2. The minimum Gasteiger partial charge on any atom is -0.340 e. The second-order valence-electron chi connectivity index (χ2n) is 5.98. The summed E-state index contributed by atoms with van der Waals surface area (Å²) in [7, 11) is 0. The monoisotopic (exact) mass is 284 g/mol. The van der Waals surface area contributed by atoms with E-state index in [1.165, 1.54) is 0 Å². The molecule has 2 fully saturated rings. The zero-order chi connectivity index (χ0) is 14.8. The van der Waals surface area contributed by atoms with Crippen molar-refractivity contribution in [1.82, 2.24) is 10.2 Å². The Bertz CT molecular complexity index is 387. The van der Waals surface area contributed by atoms with Crippen LogP contribution in [0.15, 0.2) is 0 Å². The summed E-state index contributed by atoms with van der Waals surface area (Å²) in [4.78, 5) is 27.3. The van der Waals surface area contributed by atoms with Gasteiger partial charge in [-0.3, -0.25) is 14.0 Å². The third-order valence-corrected chi connectivity index (χ3v) is 5.10. The van der Waals surface area contributed by atoms with Gasteiger partial charge in [-0.25, -0.2) is 0 Å². The Balaban J connectivity index is 2.36. The first-order valence-corrected chi connectivity index (χ1v) is 7.77. The van der Waals surface area contributed by atoms with Gasteiger partial charge in [-0.2, -0.15) is 0 Å². The minimum absolute atomic E-state index is 0.0162. The maximum absolute atomic E-state index is 12.9. The highest BCUT2D eigenvalue weighted by Gasteiger charge is 2.57. The molecule has 0 atom stereocenters. The fourth-order valence-corrected chi connectivity index (χ4v) is 3.68. The molecule has 0 radical (unpaired) electrons. The predicted octanol–water partition coefficient (Wildman–Crippen LogP) is 2.18. The number of hydrogen-bond acceptors (Lipinski definition) is 2. The van der Waals surface area contributed by atoms with Crippen molar-refractivity contribution in [3.05, 3.63) is 0 Å². The lowest BCUT2D eigenvalue weighted by atomic mass is 9.81. The molecule has 4 nitrogen and oxygen atoms in total. The largest absolute Gasteiger partial charge is 0.340 e. The van der Waals surface area contributed by atoms with Crippen molar-refractivity contribution < 1.29 is 14.0 Å². The van der Waals surface area contributed by atoms with Crippen LogP contribution in [0.2, 0.25) is 0 Å². The Labute approximate surface area is 120 Å². The Morgan fingerprint density at radius 3 is 2.30 bits per heavy atom. The number of rotatable bonds is 5. The summed E-state index contributed by atoms with van der Waals surface area (Å²) in [5.74, 6) is -0.0467. The highest BCUT2D eigenvalue weighted by molar-refractivity contribution is 6.02. The third kappa shape index (κ3) is 2.11. The molecule has 2 amide bonds. The van der Waals surface area contributed by atoms with E-state index in [4.69, 9.17) is 0 Å². The molecule has 0 bridgehead atoms. The Hall–Kier alpha value is -1.13. The summed E-state index contributed by atoms with van der Waals surface area (Å²) >= 11 is 0. The molecule has 2 rings (SSSR count). The van der Waals surface area contributed by atoms with Crippen molar-refractivity contribution >= 4 is 11.8 Å². The smallest absolute Gasteiger partial charge is 0.249 e. The van der Waals surface area contributed by atoms with Crippen LogP contribution in [-0.4, -0.2) is 41.0 Å². The van der Waals surface area contributed by atoms with E-state index in [0.29, 0.717) is 38.6 Å². The molecule has 0 aromatic rings. The Morgan fingerprint density at radius 1 is 1.20 bits per heavy atom. The number of alkyl halides is 1. The zero-order valence-corrected chi connectivity index (χ0v) is 12.5. The maximum Gasteiger partial charge on any atom is 0.249 e. The van der Waals surface area contributed by atoms with Crippen LogP contribution >= 0.6 is 0 Å². The number of nitrogens with one attached hydrogen (secondary N) is 1. The molecule has 1 saturated carbocycles. The molecule has 0 unspecified atom stereocenters. The van der Waals surface area contributed by atoms with Gasteiger partial charge in [0.15, 0.2) is 0 Å². The summed E-state index contributed by atoms with van der Waals surface area (Å²) in [5, 5.41) is 2.99. The minimum atomic E-state index is -0.790. The fourth-order valence-electron chi connectivity index (χ4n) is 3.68. The standard InChI is InChI=1S/C15H25FN2O2/c1-3-14(4-2)13(20)18(11-7-10-16)15(12(19)17-14)8-5-6-9-15/h3-11H2,1-2H3,(H,17,19). The number of halogens is 1. The fraction of sp³-hybridized carbons (Fsp3) is 0.867. The lowest BCUT2D eigenvalue weighted by Gasteiger charge is -2.51. The lowest BCUT2D eigenvalue weighted by Crippen LogP contribution is -2.75. The van der Waals surface area contributed by atoms with E-state index in [2.05, 4.69) is 5.32 Å². The Morgan fingerprint density at radius 2 is 1.80 bits per heavy atom. The molecule has 1 heterocycles. The second kappa shape index (κ2) is 5.70. The van der Waals surface area contributed by atoms with E-state index in [-0.39, 0.29) is 11.8 Å². The molecule has 2 aliphatic rings. The van der Waals surface area contributed by atoms with Gasteiger partial charge >= 0.3 is 0 Å². The molecule has 1 spiro atoms. The number of carbonyl (C=O) groups is 2. The van der Waals surface area contributed by atoms with Gasteiger partial charge in [0.05, 0.1) is 6.67 Å². The van der Waals surface area contributed by atoms with Crippen molar-refractivity contribution in [3.63, 3.8) is 0 Å². The van der Waals surface area contributed by atoms with Crippen LogP contribution < -0.4 is 5.32 Å². The van der Waals surface area contributed by atoms with Crippen molar-refractivity contribution in [2.45, 2.75) is 69.9 Å². The molecule has 1 N–H and O–H groups in total. The molecular weight excluding hydrogens is 259 g/mol. The van der Waals surface area contributed by atoms with E-state index >= 15 is 0 Å². The van der Waals surface area contributed by atoms with Crippen LogP contribution in [0.3, 0.4) is 0 Å². The first-order chi connectivity index (χ1) is 9.56. The number of hydrogen-bond donors (Lipinski definition) is 1. The number of carbonyl (C=O) groups excluding carboxylic acids is 2. The number of piperazine rings is 1. The topological polar surface area (TPSA) is 49.4 Å². The van der Waals surface area contributed by atoms with Gasteiger partial charge in [0.1, 0.15) is 11.1 Å². The molecule has 0 aromatic carbocycles. The molecule has 0 aromatic heterocycles. The van der Waals surface area contributed by atoms with Gasteiger partial charge in [-0.15, -0.1) is 0 Å². The molecule has 20 heavy (non-hydrogen) atoms. The summed E-state index contributed by atoms with van der Waals surface area (Å²) in [6.45, 7) is 3.74. The summed E-state index contributed by atoms with van der Waals surface area (Å²) in [5.41, 5.74) is -1.50. The average molecular weight is 284 g/mol. The first kappa shape index (κ1) is 15.3. The van der Waals surface area contributed by atoms with Gasteiger partial charge in [-0.05, 0) is 32.1 Å². The number of nitrogens with zero attached hydrogens (tertiary/aromatic N) is 1. The van der Waals surface area contributed by atoms with Crippen molar-refractivity contribution in [2.24, 2.45) is 0 Å². The third-order valence-electron chi connectivity index (χ3n) is 5.10. The van der Waals surface area contributed by atoms with Crippen LogP contribution in [0, 0.1) is 0 Å². The van der Waals surface area contributed by atoms with E-state index < -0.39 is 17.8 Å². The van der Waals surface area contributed by atoms with Crippen molar-refractivity contribution in [2.75, 3.05) is 13.2 Å². The Kier molecular flexibility index (Phi) is 4.35. The quantitative estimate of drug-likeness (QED) is 0.841. The summed E-state index contributed by atoms with van der Waals surface area (Å²) < 4.78 is 12.6. The van der Waals surface area contributed by atoms with E-state index in [9.17, 15) is 14.0 Å². The van der Waals surface area contributed by atoms with E-state index in [0.717, 1.165) is 12.8 Å². The van der Waals surface area contributed by atoms with Crippen LogP contribution in [0.1, 0.15) is 58.8 Å². The van der Waals surface area contributed by atoms with E-state index in [1.54, 1.807) is 4.90 Å². The zero-order valence-electron chi connectivity index (χ0n) is 12.5. The normalized spacial score (nSPS) is 24.2. The van der Waals surface area contributed by atoms with Gasteiger partial charge in [0, 0.05) is 6.54 Å². The van der Waals surface area contributed by atoms with Crippen molar-refractivity contribution in [3.8, 4) is 0 Å². The highest BCUT2D eigenvalue weighted by atomic mass is 19.1. The van der Waals surface area contributed by atoms with Crippen LogP contribution in [0.25, 0.3) is 0 Å². The molecule has 114 valence electrons. The van der Waals surface area contributed by atoms with Crippen LogP contribution in [0.4, 0.5) is 4.39 Å². The molecule has 5 heteroatoms. The van der Waals surface area contributed by atoms with Gasteiger partial charge in [-0.1, -0.05) is 26.7 Å². The van der Waals surface area contributed by atoms with Gasteiger partial charge < -0.3 is 10.2 Å². The highest BCUT2D eigenvalue weighted by Crippen LogP contribution is 2.41. The first-order valence-electron chi connectivity index (χ1n) is 7.77. The molecule has 1 saturated heterocycles.